The van der Waals surface area contributed by atoms with E-state index in [-0.39, 0.29) is 6.04 Å². The van der Waals surface area contributed by atoms with Crippen LogP contribution in [-0.4, -0.2) is 6.61 Å². The van der Waals surface area contributed by atoms with Crippen LogP contribution in [0.4, 0.5) is 0 Å². The fraction of sp³-hybridized carbons (Fsp3) is 0.333. The molecule has 0 aliphatic heterocycles. The summed E-state index contributed by atoms with van der Waals surface area (Å²) in [6, 6.07) is 5.81. The Balaban J connectivity index is 2.90. The molecule has 0 saturated heterocycles. The highest BCUT2D eigenvalue weighted by Crippen LogP contribution is 2.27. The third-order valence-electron chi connectivity index (χ3n) is 1.94. The summed E-state index contributed by atoms with van der Waals surface area (Å²) in [6.07, 6.45) is 0. The molecule has 0 aliphatic carbocycles. The number of halogens is 1. The van der Waals surface area contributed by atoms with Crippen LogP contribution in [0.5, 0.6) is 5.75 Å². The Bertz CT molecular complexity index is 361. The summed E-state index contributed by atoms with van der Waals surface area (Å²) in [5.41, 5.74) is 7.87. The zero-order chi connectivity index (χ0) is 11.4. The first-order chi connectivity index (χ1) is 7.00. The predicted molar refractivity (Wildman–Crippen MR) is 67.1 cm³/mol. The van der Waals surface area contributed by atoms with Crippen LogP contribution in [0.2, 0.25) is 0 Å². The Hall–Kier alpha value is -0.800. The minimum Gasteiger partial charge on any atom is -0.489 e. The van der Waals surface area contributed by atoms with Gasteiger partial charge in [0.2, 0.25) is 0 Å². The zero-order valence-corrected chi connectivity index (χ0v) is 10.7. The highest BCUT2D eigenvalue weighted by atomic mass is 79.9. The van der Waals surface area contributed by atoms with Gasteiger partial charge in [-0.15, -0.1) is 0 Å². The smallest absolute Gasteiger partial charge is 0.124 e. The van der Waals surface area contributed by atoms with Crippen molar-refractivity contribution in [3.05, 3.63) is 40.4 Å². The molecule has 0 spiro atoms. The van der Waals surface area contributed by atoms with Gasteiger partial charge in [-0.3, -0.25) is 0 Å². The molecule has 1 aromatic rings. The van der Waals surface area contributed by atoms with Crippen molar-refractivity contribution in [2.24, 2.45) is 5.73 Å². The summed E-state index contributed by atoms with van der Waals surface area (Å²) < 4.78 is 6.63. The third kappa shape index (κ3) is 3.68. The van der Waals surface area contributed by atoms with E-state index in [1.807, 2.05) is 32.0 Å². The first kappa shape index (κ1) is 12.3. The molecule has 1 aromatic carbocycles. The largest absolute Gasteiger partial charge is 0.489 e. The number of nitrogens with two attached hydrogens (primary N) is 1. The van der Waals surface area contributed by atoms with Gasteiger partial charge < -0.3 is 10.5 Å². The number of benzene rings is 1. The van der Waals surface area contributed by atoms with Gasteiger partial charge >= 0.3 is 0 Å². The molecule has 0 bridgehead atoms. The molecule has 0 heterocycles. The summed E-state index contributed by atoms with van der Waals surface area (Å²) in [5.74, 6) is 0.830. The first-order valence-corrected chi connectivity index (χ1v) is 5.62. The van der Waals surface area contributed by atoms with Gasteiger partial charge in [0.05, 0.1) is 0 Å². The summed E-state index contributed by atoms with van der Waals surface area (Å²) in [7, 11) is 0. The van der Waals surface area contributed by atoms with E-state index in [4.69, 9.17) is 10.5 Å². The lowest BCUT2D eigenvalue weighted by atomic mass is 10.1. The zero-order valence-electron chi connectivity index (χ0n) is 9.09. The van der Waals surface area contributed by atoms with Gasteiger partial charge in [0.25, 0.3) is 0 Å². The van der Waals surface area contributed by atoms with Gasteiger partial charge in [-0.1, -0.05) is 22.5 Å². The van der Waals surface area contributed by atoms with E-state index in [1.54, 1.807) is 0 Å². The van der Waals surface area contributed by atoms with Crippen LogP contribution in [0.3, 0.4) is 0 Å². The minimum absolute atomic E-state index is 0.0392. The van der Waals surface area contributed by atoms with Gasteiger partial charge in [0, 0.05) is 16.1 Å². The highest BCUT2D eigenvalue weighted by Gasteiger charge is 2.08. The van der Waals surface area contributed by atoms with Crippen molar-refractivity contribution in [3.63, 3.8) is 0 Å². The minimum atomic E-state index is -0.0392. The second-order valence-electron chi connectivity index (χ2n) is 3.72. The monoisotopic (exact) mass is 269 g/mol. The second-order valence-corrected chi connectivity index (χ2v) is 4.63. The van der Waals surface area contributed by atoms with Crippen LogP contribution in [-0.2, 0) is 0 Å². The molecule has 0 saturated carbocycles. The Labute approximate surface area is 99.3 Å². The predicted octanol–water partition coefficient (Wildman–Crippen LogP) is 3.42. The molecule has 0 aliphatic rings. The normalized spacial score (nSPS) is 12.3. The maximum atomic E-state index is 5.87. The van der Waals surface area contributed by atoms with Crippen molar-refractivity contribution in [3.8, 4) is 5.75 Å². The molecule has 0 radical (unpaired) electrons. The Kier molecular flexibility index (Phi) is 4.36. The van der Waals surface area contributed by atoms with Gasteiger partial charge in [0.1, 0.15) is 12.4 Å². The quantitative estimate of drug-likeness (QED) is 0.851. The molecular formula is C12H16BrNO. The molecular weight excluding hydrogens is 254 g/mol. The molecule has 1 atom stereocenters. The molecule has 1 unspecified atom stereocenters. The maximum absolute atomic E-state index is 5.87. The van der Waals surface area contributed by atoms with Crippen molar-refractivity contribution < 1.29 is 4.74 Å². The summed E-state index contributed by atoms with van der Waals surface area (Å²) >= 11 is 3.42. The van der Waals surface area contributed by atoms with E-state index in [1.165, 1.54) is 0 Å². The van der Waals surface area contributed by atoms with Crippen LogP contribution in [0.1, 0.15) is 25.5 Å². The van der Waals surface area contributed by atoms with Crippen molar-refractivity contribution in [1.29, 1.82) is 0 Å². The van der Waals surface area contributed by atoms with Gasteiger partial charge in [-0.05, 0) is 37.6 Å². The van der Waals surface area contributed by atoms with Crippen molar-refractivity contribution >= 4 is 15.9 Å². The molecule has 1 rings (SSSR count). The molecule has 2 nitrogen and oxygen atoms in total. The van der Waals surface area contributed by atoms with E-state index in [9.17, 15) is 0 Å². The van der Waals surface area contributed by atoms with E-state index >= 15 is 0 Å². The molecule has 0 fully saturated rings. The number of rotatable bonds is 4. The fourth-order valence-electron chi connectivity index (χ4n) is 1.21. The van der Waals surface area contributed by atoms with Crippen LogP contribution in [0.25, 0.3) is 0 Å². The average molecular weight is 270 g/mol. The molecule has 2 N–H and O–H groups in total. The number of ether oxygens (including phenoxy) is 1. The Morgan fingerprint density at radius 1 is 1.60 bits per heavy atom. The summed E-state index contributed by atoms with van der Waals surface area (Å²) in [4.78, 5) is 0. The summed E-state index contributed by atoms with van der Waals surface area (Å²) in [5, 5.41) is 0. The molecule has 3 heteroatoms. The maximum Gasteiger partial charge on any atom is 0.124 e. The van der Waals surface area contributed by atoms with Crippen molar-refractivity contribution in [2.45, 2.75) is 19.9 Å². The van der Waals surface area contributed by atoms with E-state index < -0.39 is 0 Å². The van der Waals surface area contributed by atoms with Gasteiger partial charge in [-0.2, -0.15) is 0 Å². The SMILES string of the molecule is C=C(C)COc1ccc(Br)cc1C(C)N. The molecule has 15 heavy (non-hydrogen) atoms. The van der Waals surface area contributed by atoms with Crippen molar-refractivity contribution in [1.82, 2.24) is 0 Å². The molecule has 82 valence electrons. The highest BCUT2D eigenvalue weighted by molar-refractivity contribution is 9.10. The first-order valence-electron chi connectivity index (χ1n) is 4.83. The fourth-order valence-corrected chi connectivity index (χ4v) is 1.59. The molecule has 0 aromatic heterocycles. The van der Waals surface area contributed by atoms with Crippen LogP contribution < -0.4 is 10.5 Å². The van der Waals surface area contributed by atoms with Gasteiger partial charge in [0.15, 0.2) is 0 Å². The van der Waals surface area contributed by atoms with Crippen LogP contribution in [0, 0.1) is 0 Å². The molecule has 0 amide bonds. The summed E-state index contributed by atoms with van der Waals surface area (Å²) in [6.45, 7) is 8.20. The standard InChI is InChI=1S/C12H16BrNO/c1-8(2)7-15-12-5-4-10(13)6-11(12)9(3)14/h4-6,9H,1,7,14H2,2-3H3. The third-order valence-corrected chi connectivity index (χ3v) is 2.43. The lowest BCUT2D eigenvalue weighted by Gasteiger charge is -2.14. The Morgan fingerprint density at radius 3 is 2.80 bits per heavy atom. The van der Waals surface area contributed by atoms with Gasteiger partial charge in [-0.25, -0.2) is 0 Å². The number of hydrogen-bond acceptors (Lipinski definition) is 2. The van der Waals surface area contributed by atoms with E-state index in [0.717, 1.165) is 21.4 Å². The van der Waals surface area contributed by atoms with E-state index in [2.05, 4.69) is 22.5 Å². The number of hydrogen-bond donors (Lipinski definition) is 1. The van der Waals surface area contributed by atoms with Crippen LogP contribution >= 0.6 is 15.9 Å². The lowest BCUT2D eigenvalue weighted by Crippen LogP contribution is -2.09. The van der Waals surface area contributed by atoms with Crippen LogP contribution in [0.15, 0.2) is 34.8 Å². The second kappa shape index (κ2) is 5.33. The van der Waals surface area contributed by atoms with Crippen molar-refractivity contribution in [2.75, 3.05) is 6.61 Å². The average Bonchev–Trinajstić information content (AvgIpc) is 2.15. The topological polar surface area (TPSA) is 35.2 Å². The lowest BCUT2D eigenvalue weighted by molar-refractivity contribution is 0.347. The Morgan fingerprint density at radius 2 is 2.27 bits per heavy atom. The van der Waals surface area contributed by atoms with E-state index in [0.29, 0.717) is 6.61 Å².